The summed E-state index contributed by atoms with van der Waals surface area (Å²) in [4.78, 5) is 24.9. The van der Waals surface area contributed by atoms with Gasteiger partial charge < -0.3 is 14.2 Å². The van der Waals surface area contributed by atoms with Crippen LogP contribution in [-0.2, 0) is 0 Å². The first-order valence-electron chi connectivity index (χ1n) is 6.64. The fraction of sp³-hybridized carbons (Fsp3) is 0.176. The van der Waals surface area contributed by atoms with Gasteiger partial charge in [0, 0.05) is 11.1 Å². The van der Waals surface area contributed by atoms with Gasteiger partial charge in [0.25, 0.3) is 0 Å². The highest BCUT2D eigenvalue weighted by atomic mass is 16.5. The largest absolute Gasteiger partial charge is 0.497 e. The van der Waals surface area contributed by atoms with Crippen molar-refractivity contribution in [2.45, 2.75) is 0 Å². The number of hydrogen-bond donors (Lipinski definition) is 0. The molecule has 0 amide bonds. The third-order valence-corrected chi connectivity index (χ3v) is 3.74. The van der Waals surface area contributed by atoms with E-state index in [2.05, 4.69) is 0 Å². The lowest BCUT2D eigenvalue weighted by Gasteiger charge is -2.22. The number of fused-ring (bicyclic) bond motifs is 3. The van der Waals surface area contributed by atoms with Crippen LogP contribution in [0.15, 0.2) is 30.3 Å². The van der Waals surface area contributed by atoms with E-state index in [1.165, 1.54) is 21.3 Å². The monoisotopic (exact) mass is 298 g/mol. The molecule has 0 N–H and O–H groups in total. The fourth-order valence-corrected chi connectivity index (χ4v) is 2.69. The molecule has 2 aromatic carbocycles. The molecule has 1 aliphatic carbocycles. The van der Waals surface area contributed by atoms with Gasteiger partial charge in [0.05, 0.1) is 26.9 Å². The summed E-state index contributed by atoms with van der Waals surface area (Å²) in [5, 5.41) is 0. The number of benzene rings is 2. The molecule has 0 heterocycles. The first kappa shape index (κ1) is 14.1. The average Bonchev–Trinajstić information content (AvgIpc) is 2.57. The molecule has 112 valence electrons. The molecule has 0 atom stereocenters. The smallest absolute Gasteiger partial charge is 0.238 e. The molecule has 22 heavy (non-hydrogen) atoms. The first-order valence-corrected chi connectivity index (χ1v) is 6.64. The normalized spacial score (nSPS) is 12.5. The van der Waals surface area contributed by atoms with Crippen molar-refractivity contribution >= 4 is 11.6 Å². The second-order valence-electron chi connectivity index (χ2n) is 4.79. The van der Waals surface area contributed by atoms with Crippen LogP contribution in [0.25, 0.3) is 11.1 Å². The molecule has 0 aromatic heterocycles. The third kappa shape index (κ3) is 1.86. The van der Waals surface area contributed by atoms with Gasteiger partial charge in [0.2, 0.25) is 11.6 Å². The van der Waals surface area contributed by atoms with E-state index in [9.17, 15) is 9.59 Å². The summed E-state index contributed by atoms with van der Waals surface area (Å²) in [5.74, 6) is 0.211. The summed E-state index contributed by atoms with van der Waals surface area (Å²) in [6.45, 7) is 0. The third-order valence-electron chi connectivity index (χ3n) is 3.74. The molecule has 0 radical (unpaired) electrons. The molecule has 0 spiro atoms. The van der Waals surface area contributed by atoms with Crippen LogP contribution < -0.4 is 14.2 Å². The van der Waals surface area contributed by atoms with Gasteiger partial charge in [-0.25, -0.2) is 0 Å². The molecule has 0 saturated heterocycles. The Hall–Kier alpha value is -2.82. The van der Waals surface area contributed by atoms with E-state index in [0.29, 0.717) is 33.9 Å². The van der Waals surface area contributed by atoms with E-state index in [1.807, 2.05) is 0 Å². The predicted molar refractivity (Wildman–Crippen MR) is 80.2 cm³/mol. The Bertz CT molecular complexity index is 792. The van der Waals surface area contributed by atoms with Crippen LogP contribution >= 0.6 is 0 Å². The van der Waals surface area contributed by atoms with Gasteiger partial charge in [0.15, 0.2) is 0 Å². The Balaban J connectivity index is 2.40. The summed E-state index contributed by atoms with van der Waals surface area (Å²) < 4.78 is 15.7. The van der Waals surface area contributed by atoms with Crippen LogP contribution in [0, 0.1) is 0 Å². The Morgan fingerprint density at radius 1 is 0.682 bits per heavy atom. The second-order valence-corrected chi connectivity index (χ2v) is 4.79. The van der Waals surface area contributed by atoms with Gasteiger partial charge >= 0.3 is 0 Å². The summed E-state index contributed by atoms with van der Waals surface area (Å²) in [5.41, 5.74) is 1.76. The van der Waals surface area contributed by atoms with Crippen molar-refractivity contribution in [3.05, 3.63) is 41.5 Å². The zero-order chi connectivity index (χ0) is 15.9. The molecule has 0 saturated carbocycles. The number of carbonyl (C=O) groups is 2. The summed E-state index contributed by atoms with van der Waals surface area (Å²) >= 11 is 0. The maximum Gasteiger partial charge on any atom is 0.238 e. The average molecular weight is 298 g/mol. The standard InChI is InChI=1S/C17H14O5/c1-20-9-4-5-10-11(8-9)16(18)17(19)15-13(22-3)7-6-12(21-2)14(10)15/h4-8H,1-3H3. The number of methoxy groups -OCH3 is 3. The molecule has 1 aliphatic rings. The van der Waals surface area contributed by atoms with E-state index < -0.39 is 11.6 Å². The Morgan fingerprint density at radius 2 is 1.32 bits per heavy atom. The topological polar surface area (TPSA) is 61.8 Å². The minimum atomic E-state index is -0.605. The molecule has 0 bridgehead atoms. The van der Waals surface area contributed by atoms with Gasteiger partial charge in [-0.2, -0.15) is 0 Å². The predicted octanol–water partition coefficient (Wildman–Crippen LogP) is 2.76. The summed E-state index contributed by atoms with van der Waals surface area (Å²) in [7, 11) is 4.49. The second kappa shape index (κ2) is 5.18. The number of ketones is 2. The van der Waals surface area contributed by atoms with Crippen LogP contribution in [0.1, 0.15) is 20.7 Å². The first-order chi connectivity index (χ1) is 10.6. The number of hydrogen-bond acceptors (Lipinski definition) is 5. The van der Waals surface area contributed by atoms with Crippen LogP contribution in [-0.4, -0.2) is 32.9 Å². The van der Waals surface area contributed by atoms with Crippen LogP contribution in [0.4, 0.5) is 0 Å². The highest BCUT2D eigenvalue weighted by Gasteiger charge is 2.35. The lowest BCUT2D eigenvalue weighted by molar-refractivity contribution is 0.0813. The summed E-state index contributed by atoms with van der Waals surface area (Å²) in [6, 6.07) is 8.40. The number of Topliss-reactive ketones (excluding diaryl/α,β-unsaturated/α-hetero) is 2. The quantitative estimate of drug-likeness (QED) is 0.815. The minimum Gasteiger partial charge on any atom is -0.497 e. The fourth-order valence-electron chi connectivity index (χ4n) is 2.69. The van der Waals surface area contributed by atoms with E-state index in [0.717, 1.165) is 0 Å². The van der Waals surface area contributed by atoms with Crippen molar-refractivity contribution in [3.63, 3.8) is 0 Å². The van der Waals surface area contributed by atoms with Gasteiger partial charge in [-0.1, -0.05) is 0 Å². The molecular formula is C17H14O5. The van der Waals surface area contributed by atoms with E-state index in [-0.39, 0.29) is 5.56 Å². The van der Waals surface area contributed by atoms with E-state index in [1.54, 1.807) is 30.3 Å². The van der Waals surface area contributed by atoms with Crippen molar-refractivity contribution in [2.24, 2.45) is 0 Å². The molecule has 0 aliphatic heterocycles. The van der Waals surface area contributed by atoms with Gasteiger partial charge in [-0.05, 0) is 35.9 Å². The maximum absolute atomic E-state index is 12.5. The van der Waals surface area contributed by atoms with Gasteiger partial charge in [-0.15, -0.1) is 0 Å². The van der Waals surface area contributed by atoms with Crippen LogP contribution in [0.2, 0.25) is 0 Å². The van der Waals surface area contributed by atoms with E-state index >= 15 is 0 Å². The van der Waals surface area contributed by atoms with E-state index in [4.69, 9.17) is 14.2 Å². The zero-order valence-corrected chi connectivity index (χ0v) is 12.4. The highest BCUT2D eigenvalue weighted by molar-refractivity contribution is 6.53. The number of rotatable bonds is 3. The lowest BCUT2D eigenvalue weighted by Crippen LogP contribution is -2.22. The number of carbonyl (C=O) groups excluding carboxylic acids is 2. The molecule has 2 aromatic rings. The molecular weight excluding hydrogens is 284 g/mol. The zero-order valence-electron chi connectivity index (χ0n) is 12.4. The van der Waals surface area contributed by atoms with Gasteiger partial charge in [-0.3, -0.25) is 9.59 Å². The maximum atomic E-state index is 12.5. The van der Waals surface area contributed by atoms with Crippen molar-refractivity contribution in [1.29, 1.82) is 0 Å². The molecule has 0 fully saturated rings. The Kier molecular flexibility index (Phi) is 3.33. The van der Waals surface area contributed by atoms with Crippen molar-refractivity contribution in [1.82, 2.24) is 0 Å². The van der Waals surface area contributed by atoms with Crippen LogP contribution in [0.3, 0.4) is 0 Å². The highest BCUT2D eigenvalue weighted by Crippen LogP contribution is 2.44. The van der Waals surface area contributed by atoms with Crippen LogP contribution in [0.5, 0.6) is 17.2 Å². The molecule has 5 nitrogen and oxygen atoms in total. The number of ether oxygens (including phenoxy) is 3. The molecule has 3 rings (SSSR count). The van der Waals surface area contributed by atoms with Crippen molar-refractivity contribution < 1.29 is 23.8 Å². The van der Waals surface area contributed by atoms with Gasteiger partial charge in [0.1, 0.15) is 17.2 Å². The van der Waals surface area contributed by atoms with Crippen molar-refractivity contribution in [2.75, 3.05) is 21.3 Å². The molecule has 5 heteroatoms. The lowest BCUT2D eigenvalue weighted by atomic mass is 9.82. The minimum absolute atomic E-state index is 0.240. The Labute approximate surface area is 127 Å². The Morgan fingerprint density at radius 3 is 1.91 bits per heavy atom. The van der Waals surface area contributed by atoms with Crippen molar-refractivity contribution in [3.8, 4) is 28.4 Å². The summed E-state index contributed by atoms with van der Waals surface area (Å²) in [6.07, 6.45) is 0. The molecule has 0 unspecified atom stereocenters. The SMILES string of the molecule is COc1ccc2c(c1)C(=O)C(=O)c1c(OC)ccc(OC)c1-2.